The van der Waals surface area contributed by atoms with E-state index in [1.807, 2.05) is 35.4 Å². The number of aryl methyl sites for hydroxylation is 1. The van der Waals surface area contributed by atoms with Gasteiger partial charge in [0.05, 0.1) is 15.9 Å². The van der Waals surface area contributed by atoms with E-state index in [9.17, 15) is 4.79 Å². The predicted molar refractivity (Wildman–Crippen MR) is 82.3 cm³/mol. The Hall–Kier alpha value is -1.20. The molecule has 1 N–H and O–H groups in total. The largest absolute Gasteiger partial charge is 0.377 e. The lowest BCUT2D eigenvalue weighted by Gasteiger charge is -2.28. The van der Waals surface area contributed by atoms with Crippen molar-refractivity contribution in [2.24, 2.45) is 7.05 Å². The summed E-state index contributed by atoms with van der Waals surface area (Å²) >= 11 is 3.78. The van der Waals surface area contributed by atoms with Crippen molar-refractivity contribution < 1.29 is 0 Å². The molecule has 0 bridgehead atoms. The highest BCUT2D eigenvalue weighted by Crippen LogP contribution is 2.44. The van der Waals surface area contributed by atoms with Crippen LogP contribution in [-0.4, -0.2) is 9.82 Å². The van der Waals surface area contributed by atoms with Gasteiger partial charge in [0.25, 0.3) is 0 Å². The Bertz CT molecular complexity index is 647. The second-order valence-electron chi connectivity index (χ2n) is 4.89. The average Bonchev–Trinajstić information content (AvgIpc) is 2.82. The Labute approximate surface area is 120 Å². The van der Waals surface area contributed by atoms with Gasteiger partial charge >= 0.3 is 0 Å². The first-order valence-corrected chi connectivity index (χ1v) is 8.06. The molecular formula is C14H16N2OS2. The third-order valence-corrected chi connectivity index (χ3v) is 5.68. The molecule has 1 aliphatic rings. The van der Waals surface area contributed by atoms with Crippen molar-refractivity contribution in [2.45, 2.75) is 28.8 Å². The number of nitrogens with one attached hydrogen (secondary N) is 1. The van der Waals surface area contributed by atoms with Crippen LogP contribution in [0.3, 0.4) is 0 Å². The van der Waals surface area contributed by atoms with E-state index >= 15 is 0 Å². The van der Waals surface area contributed by atoms with Crippen molar-refractivity contribution in [3.63, 3.8) is 0 Å². The molecule has 1 unspecified atom stereocenters. The molecule has 0 amide bonds. The molecule has 3 heterocycles. The van der Waals surface area contributed by atoms with E-state index in [4.69, 9.17) is 0 Å². The van der Waals surface area contributed by atoms with Crippen LogP contribution in [0.1, 0.15) is 24.9 Å². The second kappa shape index (κ2) is 5.06. The van der Waals surface area contributed by atoms with Gasteiger partial charge in [-0.15, -0.1) is 23.1 Å². The van der Waals surface area contributed by atoms with Crippen LogP contribution in [0.5, 0.6) is 0 Å². The summed E-state index contributed by atoms with van der Waals surface area (Å²) in [5.41, 5.74) is 2.42. The summed E-state index contributed by atoms with van der Waals surface area (Å²) in [5.74, 6) is 0. The van der Waals surface area contributed by atoms with E-state index in [0.717, 1.165) is 12.1 Å². The number of anilines is 1. The number of nitrogens with zero attached hydrogens (tertiary/aromatic N) is 1. The van der Waals surface area contributed by atoms with Crippen LogP contribution >= 0.6 is 23.1 Å². The molecule has 0 fully saturated rings. The summed E-state index contributed by atoms with van der Waals surface area (Å²) in [6.07, 6.45) is 2.97. The summed E-state index contributed by atoms with van der Waals surface area (Å²) in [4.78, 5) is 11.4. The summed E-state index contributed by atoms with van der Waals surface area (Å²) < 4.78 is 3.03. The fraction of sp³-hybridized carbons (Fsp3) is 0.357. The lowest BCUT2D eigenvalue weighted by Crippen LogP contribution is -2.21. The molecule has 3 nitrogen and oxygen atoms in total. The molecule has 100 valence electrons. The number of hydrogen-bond acceptors (Lipinski definition) is 4. The SMILES string of the molecule is C[C@H]1CC(Nc2ccc(=O)n(C)c2)c2ccsc2S1. The molecule has 0 saturated heterocycles. The zero-order chi connectivity index (χ0) is 13.4. The van der Waals surface area contributed by atoms with Gasteiger partial charge in [-0.2, -0.15) is 0 Å². The van der Waals surface area contributed by atoms with E-state index in [1.165, 1.54) is 9.77 Å². The normalized spacial score (nSPS) is 22.0. The minimum absolute atomic E-state index is 0.0225. The van der Waals surface area contributed by atoms with Gasteiger partial charge < -0.3 is 9.88 Å². The standard InChI is InChI=1S/C14H16N2OS2/c1-9-7-12(11-5-6-18-14(11)19-9)15-10-3-4-13(17)16(2)8-10/h3-6,8-9,12,15H,7H2,1-2H3/t9-,12?/m0/s1. The third-order valence-electron chi connectivity index (χ3n) is 3.34. The number of thiophene rings is 1. The van der Waals surface area contributed by atoms with E-state index in [-0.39, 0.29) is 5.56 Å². The molecule has 3 rings (SSSR count). The van der Waals surface area contributed by atoms with E-state index in [1.54, 1.807) is 17.7 Å². The first-order valence-electron chi connectivity index (χ1n) is 6.31. The lowest BCUT2D eigenvalue weighted by atomic mass is 10.0. The number of fused-ring (bicyclic) bond motifs is 1. The Morgan fingerprint density at radius 2 is 2.21 bits per heavy atom. The van der Waals surface area contributed by atoms with Crippen molar-refractivity contribution in [3.8, 4) is 0 Å². The van der Waals surface area contributed by atoms with Gasteiger partial charge in [-0.25, -0.2) is 0 Å². The minimum Gasteiger partial charge on any atom is -0.377 e. The Morgan fingerprint density at radius 1 is 1.37 bits per heavy atom. The molecule has 0 saturated carbocycles. The van der Waals surface area contributed by atoms with Crippen LogP contribution in [0, 0.1) is 0 Å². The van der Waals surface area contributed by atoms with E-state index < -0.39 is 0 Å². The average molecular weight is 292 g/mol. The van der Waals surface area contributed by atoms with E-state index in [2.05, 4.69) is 23.7 Å². The maximum atomic E-state index is 11.4. The molecule has 2 aromatic rings. The molecule has 5 heteroatoms. The molecule has 0 aromatic carbocycles. The van der Waals surface area contributed by atoms with Crippen molar-refractivity contribution >= 4 is 28.8 Å². The first kappa shape index (κ1) is 12.8. The summed E-state index contributed by atoms with van der Waals surface area (Å²) in [6, 6.07) is 6.02. The highest BCUT2D eigenvalue weighted by Gasteiger charge is 2.26. The second-order valence-corrected chi connectivity index (χ2v) is 7.51. The monoisotopic (exact) mass is 292 g/mol. The molecule has 0 radical (unpaired) electrons. The molecular weight excluding hydrogens is 276 g/mol. The van der Waals surface area contributed by atoms with Gasteiger partial charge in [-0.3, -0.25) is 4.79 Å². The van der Waals surface area contributed by atoms with Gasteiger partial charge in [0, 0.05) is 24.6 Å². The van der Waals surface area contributed by atoms with Crippen LogP contribution < -0.4 is 10.9 Å². The Morgan fingerprint density at radius 3 is 3.00 bits per heavy atom. The number of pyridine rings is 1. The van der Waals surface area contributed by atoms with E-state index in [0.29, 0.717) is 11.3 Å². The van der Waals surface area contributed by atoms with Gasteiger partial charge in [0.2, 0.25) is 5.56 Å². The van der Waals surface area contributed by atoms with Gasteiger partial charge in [-0.1, -0.05) is 6.92 Å². The number of rotatable bonds is 2. The van der Waals surface area contributed by atoms with Crippen LogP contribution in [0.15, 0.2) is 38.8 Å². The quantitative estimate of drug-likeness (QED) is 0.920. The van der Waals surface area contributed by atoms with Crippen LogP contribution in [0.25, 0.3) is 0 Å². The molecule has 19 heavy (non-hydrogen) atoms. The highest BCUT2D eigenvalue weighted by atomic mass is 32.2. The zero-order valence-corrected chi connectivity index (χ0v) is 12.6. The fourth-order valence-corrected chi connectivity index (χ4v) is 4.93. The van der Waals surface area contributed by atoms with Gasteiger partial charge in [-0.05, 0) is 29.5 Å². The fourth-order valence-electron chi connectivity index (χ4n) is 2.37. The summed E-state index contributed by atoms with van der Waals surface area (Å²) in [6.45, 7) is 2.27. The molecule has 2 atom stereocenters. The Balaban J connectivity index is 1.87. The minimum atomic E-state index is 0.0225. The lowest BCUT2D eigenvalue weighted by molar-refractivity contribution is 0.668. The van der Waals surface area contributed by atoms with Crippen molar-refractivity contribution in [2.75, 3.05) is 5.32 Å². The zero-order valence-electron chi connectivity index (χ0n) is 10.9. The maximum absolute atomic E-state index is 11.4. The first-order chi connectivity index (χ1) is 9.13. The van der Waals surface area contributed by atoms with Gasteiger partial charge in [0.1, 0.15) is 0 Å². The van der Waals surface area contributed by atoms with Crippen molar-refractivity contribution in [1.82, 2.24) is 4.57 Å². The summed E-state index contributed by atoms with van der Waals surface area (Å²) in [5, 5.41) is 6.33. The van der Waals surface area contributed by atoms with Crippen LogP contribution in [0.4, 0.5) is 5.69 Å². The van der Waals surface area contributed by atoms with Crippen molar-refractivity contribution in [3.05, 3.63) is 45.7 Å². The molecule has 2 aromatic heterocycles. The smallest absolute Gasteiger partial charge is 0.250 e. The number of thioether (sulfide) groups is 1. The highest BCUT2D eigenvalue weighted by molar-refractivity contribution is 8.01. The summed E-state index contributed by atoms with van der Waals surface area (Å²) in [7, 11) is 1.78. The number of aromatic nitrogens is 1. The van der Waals surface area contributed by atoms with Gasteiger partial charge in [0.15, 0.2) is 0 Å². The number of hydrogen-bond donors (Lipinski definition) is 1. The molecule has 1 aliphatic heterocycles. The third kappa shape index (κ3) is 2.58. The maximum Gasteiger partial charge on any atom is 0.250 e. The van der Waals surface area contributed by atoms with Crippen molar-refractivity contribution in [1.29, 1.82) is 0 Å². The van der Waals surface area contributed by atoms with Crippen LogP contribution in [0.2, 0.25) is 0 Å². The topological polar surface area (TPSA) is 34.0 Å². The van der Waals surface area contributed by atoms with Crippen LogP contribution in [-0.2, 0) is 7.05 Å². The molecule has 0 aliphatic carbocycles. The Kier molecular flexibility index (Phi) is 3.41. The predicted octanol–water partition coefficient (Wildman–Crippen LogP) is 3.48. The molecule has 0 spiro atoms.